The van der Waals surface area contributed by atoms with Gasteiger partial charge in [0.05, 0.1) is 34.1 Å². The Bertz CT molecular complexity index is 1370. The van der Waals surface area contributed by atoms with Gasteiger partial charge in [0, 0.05) is 29.5 Å². The summed E-state index contributed by atoms with van der Waals surface area (Å²) in [6.45, 7) is 0.519. The number of ether oxygens (including phenoxy) is 2. The van der Waals surface area contributed by atoms with Gasteiger partial charge in [-0.3, -0.25) is 14.0 Å². The Morgan fingerprint density at radius 1 is 1.23 bits per heavy atom. The summed E-state index contributed by atoms with van der Waals surface area (Å²) in [6, 6.07) is 10.9. The molecule has 0 radical (unpaired) electrons. The molecule has 1 saturated heterocycles. The van der Waals surface area contributed by atoms with Crippen LogP contribution in [0.2, 0.25) is 5.02 Å². The van der Waals surface area contributed by atoms with E-state index in [-0.39, 0.29) is 12.5 Å². The van der Waals surface area contributed by atoms with Crippen molar-refractivity contribution in [2.24, 2.45) is 0 Å². The predicted octanol–water partition coefficient (Wildman–Crippen LogP) is 4.25. The number of aromatic nitrogens is 1. The monoisotopic (exact) mass is 532 g/mol. The van der Waals surface area contributed by atoms with Crippen molar-refractivity contribution < 1.29 is 23.6 Å². The van der Waals surface area contributed by atoms with Crippen LogP contribution < -0.4 is 14.4 Å². The number of pyridine rings is 1. The largest absolute Gasteiger partial charge is 0.493 e. The quantitative estimate of drug-likeness (QED) is 0.477. The van der Waals surface area contributed by atoms with Crippen molar-refractivity contribution >= 4 is 49.9 Å². The molecule has 1 amide bonds. The van der Waals surface area contributed by atoms with E-state index in [4.69, 9.17) is 21.1 Å². The number of anilines is 1. The molecule has 2 aliphatic heterocycles. The van der Waals surface area contributed by atoms with Crippen LogP contribution in [0.15, 0.2) is 42.6 Å². The third-order valence-electron chi connectivity index (χ3n) is 6.39. The van der Waals surface area contributed by atoms with Gasteiger partial charge in [-0.15, -0.1) is 11.3 Å². The number of benzene rings is 1. The van der Waals surface area contributed by atoms with E-state index in [2.05, 4.69) is 10.9 Å². The number of amides is 1. The number of hydrogen-bond donors (Lipinski definition) is 1. The van der Waals surface area contributed by atoms with E-state index in [1.807, 2.05) is 18.2 Å². The molecule has 1 N–H and O–H groups in total. The number of carbonyl (C=O) groups excluding carboxylic acids is 1. The number of thiophene rings is 1. The molecule has 0 spiro atoms. The lowest BCUT2D eigenvalue weighted by Crippen LogP contribution is -2.43. The van der Waals surface area contributed by atoms with Gasteiger partial charge in [0.15, 0.2) is 11.5 Å². The number of halogens is 1. The van der Waals surface area contributed by atoms with Gasteiger partial charge >= 0.3 is 0 Å². The van der Waals surface area contributed by atoms with Crippen LogP contribution in [0.5, 0.6) is 11.5 Å². The Balaban J connectivity index is 1.30. The summed E-state index contributed by atoms with van der Waals surface area (Å²) in [6.07, 6.45) is 2.36. The van der Waals surface area contributed by atoms with Gasteiger partial charge in [-0.25, -0.2) is 0 Å². The molecule has 0 aliphatic carbocycles. The molecule has 2 aliphatic rings. The lowest BCUT2D eigenvalue weighted by atomic mass is 9.98. The first kappa shape index (κ1) is 24.1. The molecular weight excluding hydrogens is 508 g/mol. The molecule has 10 heteroatoms. The first-order valence-electron chi connectivity index (χ1n) is 11.1. The van der Waals surface area contributed by atoms with Crippen LogP contribution in [0.25, 0.3) is 10.6 Å². The Kier molecular flexibility index (Phi) is 6.29. The molecular formula is C25H25ClN2O5S2. The van der Waals surface area contributed by atoms with Crippen molar-refractivity contribution in [3.8, 4) is 22.1 Å². The van der Waals surface area contributed by atoms with Gasteiger partial charge in [-0.2, -0.15) is 0 Å². The third kappa shape index (κ3) is 4.91. The molecule has 35 heavy (non-hydrogen) atoms. The maximum Gasteiger partial charge on any atom is 0.269 e. The second-order valence-corrected chi connectivity index (χ2v) is 13.2. The van der Waals surface area contributed by atoms with Crippen molar-refractivity contribution in [2.45, 2.75) is 25.0 Å². The number of carbonyl (C=O) groups is 1. The standard InChI is InChI=1S/C25H25ClN2O5S2/c1-32-21-12-18(4-6-20(21)33-15-25(30)7-9-35(2,31)10-8-25)28-14-16-11-22(34-23(16)24(28)29)19-5-3-17(26)13-27-19/h3-6,11-13,30H,2,7-10,14-15H2,1H3. The number of nitrogens with zero attached hydrogens (tertiary/aromatic N) is 2. The average molecular weight is 533 g/mol. The van der Waals surface area contributed by atoms with Crippen molar-refractivity contribution in [2.75, 3.05) is 30.1 Å². The van der Waals surface area contributed by atoms with E-state index in [0.717, 1.165) is 16.1 Å². The number of methoxy groups -OCH3 is 1. The molecule has 3 aromatic rings. The minimum Gasteiger partial charge on any atom is -0.493 e. The lowest BCUT2D eigenvalue weighted by Gasteiger charge is -2.33. The van der Waals surface area contributed by atoms with Crippen LogP contribution in [0.4, 0.5) is 5.69 Å². The third-order valence-corrected chi connectivity index (χ3v) is 9.70. The Morgan fingerprint density at radius 2 is 2.00 bits per heavy atom. The van der Waals surface area contributed by atoms with Gasteiger partial charge < -0.3 is 19.5 Å². The van der Waals surface area contributed by atoms with Crippen molar-refractivity contribution in [3.63, 3.8) is 0 Å². The fourth-order valence-corrected chi connectivity index (χ4v) is 7.15. The summed E-state index contributed by atoms with van der Waals surface area (Å²) < 4.78 is 23.5. The van der Waals surface area contributed by atoms with E-state index >= 15 is 0 Å². The lowest BCUT2D eigenvalue weighted by molar-refractivity contribution is -0.0129. The van der Waals surface area contributed by atoms with Crippen LogP contribution >= 0.6 is 22.9 Å². The van der Waals surface area contributed by atoms with Crippen molar-refractivity contribution in [3.05, 3.63) is 58.1 Å². The number of aliphatic hydroxyl groups is 1. The molecule has 4 heterocycles. The summed E-state index contributed by atoms with van der Waals surface area (Å²) >= 11 is 7.35. The average Bonchev–Trinajstić information content (AvgIpc) is 3.40. The number of rotatable bonds is 6. The van der Waals surface area contributed by atoms with Crippen LogP contribution in [0.1, 0.15) is 28.1 Å². The summed E-state index contributed by atoms with van der Waals surface area (Å²) in [4.78, 5) is 20.8. The van der Waals surface area contributed by atoms with Crippen LogP contribution in [0.3, 0.4) is 0 Å². The smallest absolute Gasteiger partial charge is 0.269 e. The molecule has 7 nitrogen and oxygen atoms in total. The predicted molar refractivity (Wildman–Crippen MR) is 141 cm³/mol. The van der Waals surface area contributed by atoms with Gasteiger partial charge in [-0.1, -0.05) is 11.6 Å². The second kappa shape index (κ2) is 9.13. The number of fused-ring (bicyclic) bond motifs is 1. The summed E-state index contributed by atoms with van der Waals surface area (Å²) in [5, 5.41) is 11.4. The zero-order valence-corrected chi connectivity index (χ0v) is 21.5. The molecule has 2 aromatic heterocycles. The first-order valence-corrected chi connectivity index (χ1v) is 14.3. The van der Waals surface area contributed by atoms with Crippen molar-refractivity contribution in [1.29, 1.82) is 0 Å². The molecule has 1 aromatic carbocycles. The molecule has 0 bridgehead atoms. The molecule has 1 fully saturated rings. The van der Waals surface area contributed by atoms with Crippen LogP contribution in [0, 0.1) is 0 Å². The second-order valence-electron chi connectivity index (χ2n) is 8.94. The molecule has 0 atom stereocenters. The Hall–Kier alpha value is -2.59. The summed E-state index contributed by atoms with van der Waals surface area (Å²) in [5.41, 5.74) is 1.39. The summed E-state index contributed by atoms with van der Waals surface area (Å²) in [5.74, 6) is 5.39. The van der Waals surface area contributed by atoms with E-state index in [9.17, 15) is 14.1 Å². The van der Waals surface area contributed by atoms with Crippen molar-refractivity contribution in [1.82, 2.24) is 4.98 Å². The van der Waals surface area contributed by atoms with Gasteiger partial charge in [0.2, 0.25) is 0 Å². The Morgan fingerprint density at radius 3 is 2.66 bits per heavy atom. The maximum atomic E-state index is 13.2. The van der Waals surface area contributed by atoms with E-state index in [0.29, 0.717) is 58.0 Å². The van der Waals surface area contributed by atoms with Crippen LogP contribution in [-0.4, -0.2) is 56.9 Å². The minimum absolute atomic E-state index is 0.0691. The topological polar surface area (TPSA) is 89.0 Å². The summed E-state index contributed by atoms with van der Waals surface area (Å²) in [7, 11) is -0.559. The zero-order valence-electron chi connectivity index (χ0n) is 19.2. The highest BCUT2D eigenvalue weighted by Gasteiger charge is 2.35. The molecule has 5 rings (SSSR count). The highest BCUT2D eigenvalue weighted by atomic mass is 35.5. The van der Waals surface area contributed by atoms with Crippen LogP contribution in [-0.2, 0) is 16.1 Å². The molecule has 0 saturated carbocycles. The van der Waals surface area contributed by atoms with E-state index in [1.54, 1.807) is 29.3 Å². The Labute approximate surface area is 213 Å². The van der Waals surface area contributed by atoms with E-state index in [1.165, 1.54) is 18.4 Å². The zero-order chi connectivity index (χ0) is 24.8. The fourth-order valence-electron chi connectivity index (χ4n) is 4.23. The number of hydrogen-bond acceptors (Lipinski definition) is 7. The van der Waals surface area contributed by atoms with E-state index < -0.39 is 15.1 Å². The first-order chi connectivity index (χ1) is 16.7. The molecule has 184 valence electrons. The minimum atomic E-state index is -2.09. The maximum absolute atomic E-state index is 13.2. The van der Waals surface area contributed by atoms with Gasteiger partial charge in [0.1, 0.15) is 12.2 Å². The SMILES string of the molecule is C=S1(=O)CCC(O)(COc2ccc(N3Cc4cc(-c5ccc(Cl)cn5)sc4C3=O)cc2OC)CC1. The van der Waals surface area contributed by atoms with Gasteiger partial charge in [-0.05, 0) is 64.1 Å². The fraction of sp³-hybridized carbons (Fsp3) is 0.320. The highest BCUT2D eigenvalue weighted by Crippen LogP contribution is 2.40. The normalized spacial score (nSPS) is 23.9. The highest BCUT2D eigenvalue weighted by molar-refractivity contribution is 8.00. The van der Waals surface area contributed by atoms with Gasteiger partial charge in [0.25, 0.3) is 5.91 Å². The molecule has 0 unspecified atom stereocenters.